The van der Waals surface area contributed by atoms with Crippen LogP contribution in [0.3, 0.4) is 0 Å². The van der Waals surface area contributed by atoms with Crippen molar-refractivity contribution < 1.29 is 9.32 Å². The maximum atomic E-state index is 5.73. The van der Waals surface area contributed by atoms with Gasteiger partial charge >= 0.3 is 0 Å². The van der Waals surface area contributed by atoms with Crippen molar-refractivity contribution in [3.05, 3.63) is 82.5 Å². The van der Waals surface area contributed by atoms with Crippen LogP contribution in [0.2, 0.25) is 0 Å². The zero-order valence-corrected chi connectivity index (χ0v) is 17.5. The first-order valence-corrected chi connectivity index (χ1v) is 11.3. The predicted molar refractivity (Wildman–Crippen MR) is 113 cm³/mol. The Morgan fingerprint density at radius 3 is 2.80 bits per heavy atom. The van der Waals surface area contributed by atoms with E-state index in [1.54, 1.807) is 17.6 Å². The van der Waals surface area contributed by atoms with Crippen molar-refractivity contribution in [2.45, 2.75) is 50.9 Å². The zero-order chi connectivity index (χ0) is 20.2. The summed E-state index contributed by atoms with van der Waals surface area (Å²) in [6.45, 7) is 1.54. The average molecular weight is 422 g/mol. The van der Waals surface area contributed by atoms with Gasteiger partial charge in [-0.2, -0.15) is 0 Å². The molecule has 0 spiro atoms. The fourth-order valence-corrected chi connectivity index (χ4v) is 5.31. The maximum absolute atomic E-state index is 5.73. The molecule has 8 heteroatoms. The highest BCUT2D eigenvalue weighted by molar-refractivity contribution is 7.10. The van der Waals surface area contributed by atoms with Gasteiger partial charge in [0.1, 0.15) is 13.1 Å². The molecule has 0 radical (unpaired) electrons. The highest BCUT2D eigenvalue weighted by Crippen LogP contribution is 2.32. The van der Waals surface area contributed by atoms with E-state index in [9.17, 15) is 0 Å². The van der Waals surface area contributed by atoms with Gasteiger partial charge in [-0.3, -0.25) is 4.98 Å². The van der Waals surface area contributed by atoms with E-state index in [4.69, 9.17) is 4.42 Å². The molecule has 154 valence electrons. The largest absolute Gasteiger partial charge is 0.463 e. The molecule has 7 nitrogen and oxygen atoms in total. The number of quaternary nitrogens is 1. The number of hydrogen-bond donors (Lipinski definition) is 1. The normalized spacial score (nSPS) is 16.7. The summed E-state index contributed by atoms with van der Waals surface area (Å²) in [4.78, 5) is 6.89. The topological polar surface area (TPSA) is 74.1 Å². The maximum Gasteiger partial charge on any atom is 0.215 e. The molecule has 2 atom stereocenters. The van der Waals surface area contributed by atoms with Crippen LogP contribution >= 0.6 is 11.3 Å². The van der Waals surface area contributed by atoms with Crippen molar-refractivity contribution in [3.63, 3.8) is 0 Å². The molecule has 0 amide bonds. The highest BCUT2D eigenvalue weighted by Gasteiger charge is 2.35. The van der Waals surface area contributed by atoms with Crippen LogP contribution in [0.25, 0.3) is 0 Å². The van der Waals surface area contributed by atoms with Crippen molar-refractivity contribution in [2.24, 2.45) is 0 Å². The molecule has 1 aliphatic carbocycles. The third-order valence-corrected chi connectivity index (χ3v) is 6.76. The molecule has 0 bridgehead atoms. The Balaban J connectivity index is 1.56. The van der Waals surface area contributed by atoms with Gasteiger partial charge in [-0.1, -0.05) is 25.0 Å². The summed E-state index contributed by atoms with van der Waals surface area (Å²) >= 11 is 1.76. The van der Waals surface area contributed by atoms with E-state index in [0.717, 1.165) is 37.5 Å². The molecular formula is C22H25N6OS+. The lowest BCUT2D eigenvalue weighted by Crippen LogP contribution is -3.10. The predicted octanol–water partition coefficient (Wildman–Crippen LogP) is 3.21. The van der Waals surface area contributed by atoms with Gasteiger partial charge in [0, 0.05) is 18.0 Å². The van der Waals surface area contributed by atoms with Crippen LogP contribution in [0.4, 0.5) is 0 Å². The van der Waals surface area contributed by atoms with Crippen molar-refractivity contribution in [1.82, 2.24) is 25.2 Å². The van der Waals surface area contributed by atoms with Gasteiger partial charge in [0.05, 0.1) is 17.2 Å². The minimum atomic E-state index is 0.0194. The SMILES string of the molecule is c1cncc(C[NH+](Cc2ccco2)[C@H](c2cccs2)c2nnnn2C2CCCC2)c1. The van der Waals surface area contributed by atoms with Crippen LogP contribution in [0.15, 0.2) is 64.9 Å². The standard InChI is InChI=1S/C22H24N6OS/c1-2-8-18(7-1)28-22(24-25-26-28)21(20-10-5-13-30-20)27(16-19-9-4-12-29-19)15-17-6-3-11-23-14-17/h3-6,9-14,18,21H,1-2,7-8,15-16H2/p+1/t21-/m1/s1. The third kappa shape index (κ3) is 4.06. The summed E-state index contributed by atoms with van der Waals surface area (Å²) in [5.41, 5.74) is 1.18. The van der Waals surface area contributed by atoms with E-state index in [1.807, 2.05) is 30.6 Å². The fraction of sp³-hybridized carbons (Fsp3) is 0.364. The second kappa shape index (κ2) is 8.89. The molecule has 0 aliphatic heterocycles. The lowest BCUT2D eigenvalue weighted by molar-refractivity contribution is -0.953. The van der Waals surface area contributed by atoms with Gasteiger partial charge in [0.2, 0.25) is 5.82 Å². The van der Waals surface area contributed by atoms with Crippen LogP contribution in [-0.2, 0) is 13.1 Å². The summed E-state index contributed by atoms with van der Waals surface area (Å²) in [6.07, 6.45) is 10.3. The van der Waals surface area contributed by atoms with Gasteiger partial charge in [0.25, 0.3) is 0 Å². The van der Waals surface area contributed by atoms with Gasteiger partial charge < -0.3 is 9.32 Å². The van der Waals surface area contributed by atoms with E-state index < -0.39 is 0 Å². The molecule has 0 aromatic carbocycles. The summed E-state index contributed by atoms with van der Waals surface area (Å²) in [7, 11) is 0. The van der Waals surface area contributed by atoms with Crippen molar-refractivity contribution in [3.8, 4) is 0 Å². The second-order valence-corrected chi connectivity index (χ2v) is 8.80. The molecule has 1 aliphatic rings. The number of rotatable bonds is 8. The molecule has 4 aromatic rings. The third-order valence-electron chi connectivity index (χ3n) is 5.82. The Hall–Kier alpha value is -2.84. The van der Waals surface area contributed by atoms with Gasteiger partial charge in [0.15, 0.2) is 11.8 Å². The average Bonchev–Trinajstić information content (AvgIpc) is 3.56. The zero-order valence-electron chi connectivity index (χ0n) is 16.7. The minimum Gasteiger partial charge on any atom is -0.463 e. The smallest absolute Gasteiger partial charge is 0.215 e. The first-order chi connectivity index (χ1) is 14.9. The first kappa shape index (κ1) is 19.1. The number of tetrazole rings is 1. The summed E-state index contributed by atoms with van der Waals surface area (Å²) < 4.78 is 7.81. The summed E-state index contributed by atoms with van der Waals surface area (Å²) in [5.74, 6) is 1.89. The molecule has 4 aromatic heterocycles. The number of aromatic nitrogens is 5. The van der Waals surface area contributed by atoms with E-state index in [1.165, 1.54) is 28.2 Å². The molecule has 1 fully saturated rings. The highest BCUT2D eigenvalue weighted by atomic mass is 32.1. The second-order valence-electron chi connectivity index (χ2n) is 7.82. The molecule has 4 heterocycles. The number of hydrogen-bond acceptors (Lipinski definition) is 6. The van der Waals surface area contributed by atoms with Crippen molar-refractivity contribution in [1.29, 1.82) is 0 Å². The fourth-order valence-electron chi connectivity index (χ4n) is 4.43. The number of thiophene rings is 1. The number of nitrogens with one attached hydrogen (secondary N) is 1. The quantitative estimate of drug-likeness (QED) is 0.473. The first-order valence-electron chi connectivity index (χ1n) is 10.5. The van der Waals surface area contributed by atoms with Crippen LogP contribution < -0.4 is 4.90 Å². The number of nitrogens with zero attached hydrogens (tertiary/aromatic N) is 5. The molecule has 5 rings (SSSR count). The molecule has 1 unspecified atom stereocenters. The molecular weight excluding hydrogens is 396 g/mol. The molecule has 1 saturated carbocycles. The van der Waals surface area contributed by atoms with Gasteiger partial charge in [-0.25, -0.2) is 4.68 Å². The Bertz CT molecular complexity index is 1020. The van der Waals surface area contributed by atoms with Crippen LogP contribution in [0, 0.1) is 0 Å². The lowest BCUT2D eigenvalue weighted by atomic mass is 10.1. The monoisotopic (exact) mass is 421 g/mol. The Labute approximate surface area is 179 Å². The van der Waals surface area contributed by atoms with Gasteiger partial charge in [-0.15, -0.1) is 16.4 Å². The number of furan rings is 1. The van der Waals surface area contributed by atoms with Crippen LogP contribution in [0.5, 0.6) is 0 Å². The van der Waals surface area contributed by atoms with Crippen LogP contribution in [-0.4, -0.2) is 25.2 Å². The van der Waals surface area contributed by atoms with Crippen LogP contribution in [0.1, 0.15) is 59.8 Å². The minimum absolute atomic E-state index is 0.0194. The van der Waals surface area contributed by atoms with E-state index in [-0.39, 0.29) is 6.04 Å². The van der Waals surface area contributed by atoms with E-state index in [0.29, 0.717) is 6.04 Å². The van der Waals surface area contributed by atoms with Crippen molar-refractivity contribution >= 4 is 11.3 Å². The van der Waals surface area contributed by atoms with Crippen molar-refractivity contribution in [2.75, 3.05) is 0 Å². The Morgan fingerprint density at radius 1 is 1.13 bits per heavy atom. The number of pyridine rings is 1. The molecule has 30 heavy (non-hydrogen) atoms. The van der Waals surface area contributed by atoms with E-state index in [2.05, 4.69) is 48.8 Å². The molecule has 1 N–H and O–H groups in total. The Morgan fingerprint density at radius 2 is 2.07 bits per heavy atom. The summed E-state index contributed by atoms with van der Waals surface area (Å²) in [6, 6.07) is 12.8. The Kier molecular flexibility index (Phi) is 5.67. The van der Waals surface area contributed by atoms with Gasteiger partial charge in [-0.05, 0) is 52.9 Å². The summed E-state index contributed by atoms with van der Waals surface area (Å²) in [5, 5.41) is 15.2. The van der Waals surface area contributed by atoms with E-state index >= 15 is 0 Å². The molecule has 0 saturated heterocycles. The lowest BCUT2D eigenvalue weighted by Gasteiger charge is -2.27.